The van der Waals surface area contributed by atoms with Gasteiger partial charge in [0.25, 0.3) is 0 Å². The second kappa shape index (κ2) is 3.94. The molecule has 68 valence electrons. The standard InChI is InChI=1S/C7H14N4O/c1-5(6(12)8-2)11-7-9-3-4-10-7/h5H,3-4H2,1-2H3,(H,8,12)(H2,9,10,11). The van der Waals surface area contributed by atoms with Gasteiger partial charge in [-0.3, -0.25) is 9.79 Å². The van der Waals surface area contributed by atoms with Crippen LogP contribution in [0.5, 0.6) is 0 Å². The molecule has 0 aromatic rings. The molecule has 3 N–H and O–H groups in total. The number of hydrogen-bond acceptors (Lipinski definition) is 4. The van der Waals surface area contributed by atoms with Gasteiger partial charge < -0.3 is 16.0 Å². The molecule has 1 rings (SSSR count). The molecule has 5 heteroatoms. The van der Waals surface area contributed by atoms with Crippen molar-refractivity contribution in [3.63, 3.8) is 0 Å². The van der Waals surface area contributed by atoms with Gasteiger partial charge in [0.1, 0.15) is 6.04 Å². The third-order valence-electron chi connectivity index (χ3n) is 1.67. The monoisotopic (exact) mass is 170 g/mol. The van der Waals surface area contributed by atoms with E-state index in [-0.39, 0.29) is 11.9 Å². The molecule has 0 saturated carbocycles. The molecule has 1 atom stereocenters. The lowest BCUT2D eigenvalue weighted by molar-refractivity contribution is -0.121. The summed E-state index contributed by atoms with van der Waals surface area (Å²) in [5.41, 5.74) is 0. The second-order valence-corrected chi connectivity index (χ2v) is 2.64. The van der Waals surface area contributed by atoms with Gasteiger partial charge in [-0.1, -0.05) is 0 Å². The van der Waals surface area contributed by atoms with E-state index >= 15 is 0 Å². The summed E-state index contributed by atoms with van der Waals surface area (Å²) < 4.78 is 0. The van der Waals surface area contributed by atoms with Crippen molar-refractivity contribution in [1.82, 2.24) is 16.0 Å². The van der Waals surface area contributed by atoms with E-state index in [2.05, 4.69) is 20.9 Å². The number of nitrogens with one attached hydrogen (secondary N) is 3. The van der Waals surface area contributed by atoms with Crippen LogP contribution in [-0.4, -0.2) is 38.0 Å². The van der Waals surface area contributed by atoms with Gasteiger partial charge in [0.15, 0.2) is 5.96 Å². The van der Waals surface area contributed by atoms with Crippen molar-refractivity contribution in [1.29, 1.82) is 0 Å². The lowest BCUT2D eigenvalue weighted by atomic mass is 10.3. The highest BCUT2D eigenvalue weighted by Gasteiger charge is 2.13. The first-order valence-corrected chi connectivity index (χ1v) is 4.00. The molecule has 0 aromatic carbocycles. The quantitative estimate of drug-likeness (QED) is 0.481. The van der Waals surface area contributed by atoms with Crippen LogP contribution in [-0.2, 0) is 4.79 Å². The van der Waals surface area contributed by atoms with E-state index in [1.54, 1.807) is 14.0 Å². The van der Waals surface area contributed by atoms with Crippen molar-refractivity contribution in [2.75, 3.05) is 20.1 Å². The molecule has 5 nitrogen and oxygen atoms in total. The Morgan fingerprint density at radius 2 is 2.50 bits per heavy atom. The van der Waals surface area contributed by atoms with Gasteiger partial charge in [-0.2, -0.15) is 0 Å². The Balaban J connectivity index is 2.34. The summed E-state index contributed by atoms with van der Waals surface area (Å²) in [6.07, 6.45) is 0. The maximum atomic E-state index is 11.0. The fraction of sp³-hybridized carbons (Fsp3) is 0.714. The Labute approximate surface area is 71.6 Å². The van der Waals surface area contributed by atoms with Crippen LogP contribution in [0.25, 0.3) is 0 Å². The summed E-state index contributed by atoms with van der Waals surface area (Å²) in [6.45, 7) is 3.42. The predicted octanol–water partition coefficient (Wildman–Crippen LogP) is -1.33. The number of amides is 1. The first-order valence-electron chi connectivity index (χ1n) is 4.00. The van der Waals surface area contributed by atoms with E-state index in [9.17, 15) is 4.79 Å². The first-order chi connectivity index (χ1) is 5.74. The fourth-order valence-corrected chi connectivity index (χ4v) is 0.982. The highest BCUT2D eigenvalue weighted by molar-refractivity contribution is 5.89. The smallest absolute Gasteiger partial charge is 0.242 e. The number of carbonyl (C=O) groups is 1. The van der Waals surface area contributed by atoms with Gasteiger partial charge in [0.05, 0.1) is 6.54 Å². The van der Waals surface area contributed by atoms with Crippen LogP contribution in [0.15, 0.2) is 4.99 Å². The predicted molar refractivity (Wildman–Crippen MR) is 47.0 cm³/mol. The topological polar surface area (TPSA) is 65.5 Å². The van der Waals surface area contributed by atoms with E-state index in [0.29, 0.717) is 5.96 Å². The molecule has 1 unspecified atom stereocenters. The molecule has 0 fully saturated rings. The molecular weight excluding hydrogens is 156 g/mol. The lowest BCUT2D eigenvalue weighted by Crippen LogP contribution is -2.47. The number of guanidine groups is 1. The lowest BCUT2D eigenvalue weighted by Gasteiger charge is -2.12. The van der Waals surface area contributed by atoms with Crippen molar-refractivity contribution in [2.24, 2.45) is 4.99 Å². The van der Waals surface area contributed by atoms with Gasteiger partial charge in [-0.15, -0.1) is 0 Å². The third-order valence-corrected chi connectivity index (χ3v) is 1.67. The van der Waals surface area contributed by atoms with Crippen molar-refractivity contribution in [3.8, 4) is 0 Å². The second-order valence-electron chi connectivity index (χ2n) is 2.64. The summed E-state index contributed by atoms with van der Waals surface area (Å²) in [5.74, 6) is 0.678. The van der Waals surface area contributed by atoms with Crippen LogP contribution in [0.1, 0.15) is 6.92 Å². The maximum Gasteiger partial charge on any atom is 0.242 e. The zero-order chi connectivity index (χ0) is 8.97. The molecule has 1 heterocycles. The molecule has 1 amide bonds. The van der Waals surface area contributed by atoms with Gasteiger partial charge >= 0.3 is 0 Å². The fourth-order valence-electron chi connectivity index (χ4n) is 0.982. The van der Waals surface area contributed by atoms with Crippen molar-refractivity contribution < 1.29 is 4.79 Å². The molecule has 1 aliphatic heterocycles. The first kappa shape index (κ1) is 8.83. The number of aliphatic imine (C=N–C) groups is 1. The number of hydrogen-bond donors (Lipinski definition) is 3. The minimum atomic E-state index is -0.237. The van der Waals surface area contributed by atoms with Crippen LogP contribution in [0.2, 0.25) is 0 Å². The normalized spacial score (nSPS) is 17.7. The zero-order valence-corrected chi connectivity index (χ0v) is 7.35. The average Bonchev–Trinajstić information content (AvgIpc) is 2.55. The van der Waals surface area contributed by atoms with E-state index in [1.165, 1.54) is 0 Å². The molecule has 12 heavy (non-hydrogen) atoms. The van der Waals surface area contributed by atoms with Crippen molar-refractivity contribution in [2.45, 2.75) is 13.0 Å². The molecule has 1 aliphatic rings. The van der Waals surface area contributed by atoms with Crippen LogP contribution in [0.3, 0.4) is 0 Å². The number of carbonyl (C=O) groups excluding carboxylic acids is 1. The van der Waals surface area contributed by atoms with Crippen LogP contribution in [0, 0.1) is 0 Å². The van der Waals surface area contributed by atoms with Crippen LogP contribution < -0.4 is 16.0 Å². The minimum Gasteiger partial charge on any atom is -0.357 e. The Morgan fingerprint density at radius 3 is 3.00 bits per heavy atom. The van der Waals surface area contributed by atoms with Gasteiger partial charge in [0.2, 0.25) is 5.91 Å². The summed E-state index contributed by atoms with van der Waals surface area (Å²) in [6, 6.07) is -0.237. The van der Waals surface area contributed by atoms with E-state index in [1.807, 2.05) is 0 Å². The summed E-state index contributed by atoms with van der Waals surface area (Å²) in [5, 5.41) is 8.54. The Morgan fingerprint density at radius 1 is 1.75 bits per heavy atom. The highest BCUT2D eigenvalue weighted by Crippen LogP contribution is 1.85. The maximum absolute atomic E-state index is 11.0. The van der Waals surface area contributed by atoms with Gasteiger partial charge in [-0.25, -0.2) is 0 Å². The SMILES string of the molecule is CNC(=O)C(C)NC1=NCCN1. The highest BCUT2D eigenvalue weighted by atomic mass is 16.2. The Bertz CT molecular complexity index is 202. The minimum absolute atomic E-state index is 0.0357. The molecule has 0 aromatic heterocycles. The number of likely N-dealkylation sites (N-methyl/N-ethyl adjacent to an activating group) is 1. The molecule has 0 radical (unpaired) electrons. The molecule has 0 aliphatic carbocycles. The largest absolute Gasteiger partial charge is 0.357 e. The molecule has 0 saturated heterocycles. The average molecular weight is 170 g/mol. The zero-order valence-electron chi connectivity index (χ0n) is 7.35. The summed E-state index contributed by atoms with van der Waals surface area (Å²) in [7, 11) is 1.62. The Kier molecular flexibility index (Phi) is 2.90. The third kappa shape index (κ3) is 2.11. The number of nitrogens with zero attached hydrogens (tertiary/aromatic N) is 1. The molecular formula is C7H14N4O. The van der Waals surface area contributed by atoms with E-state index < -0.39 is 0 Å². The van der Waals surface area contributed by atoms with Crippen LogP contribution >= 0.6 is 0 Å². The van der Waals surface area contributed by atoms with Gasteiger partial charge in [-0.05, 0) is 6.92 Å². The number of rotatable bonds is 2. The molecule has 0 bridgehead atoms. The molecule has 0 spiro atoms. The van der Waals surface area contributed by atoms with E-state index in [0.717, 1.165) is 13.1 Å². The van der Waals surface area contributed by atoms with Gasteiger partial charge in [0, 0.05) is 13.6 Å². The van der Waals surface area contributed by atoms with E-state index in [4.69, 9.17) is 0 Å². The van der Waals surface area contributed by atoms with Crippen LogP contribution in [0.4, 0.5) is 0 Å². The van der Waals surface area contributed by atoms with Crippen molar-refractivity contribution in [3.05, 3.63) is 0 Å². The summed E-state index contributed by atoms with van der Waals surface area (Å²) in [4.78, 5) is 15.1. The Hall–Kier alpha value is -1.26. The van der Waals surface area contributed by atoms with Crippen molar-refractivity contribution >= 4 is 11.9 Å². The summed E-state index contributed by atoms with van der Waals surface area (Å²) >= 11 is 0.